The number of piperazine rings is 1. The molecule has 2 fully saturated rings. The van der Waals surface area contributed by atoms with E-state index in [0.29, 0.717) is 11.6 Å². The molecule has 1 heterocycles. The number of nitrogens with zero attached hydrogens (tertiary/aromatic N) is 2. The molecule has 0 aromatic carbocycles. The van der Waals surface area contributed by atoms with Gasteiger partial charge in [0.15, 0.2) is 0 Å². The van der Waals surface area contributed by atoms with E-state index in [-0.39, 0.29) is 0 Å². The van der Waals surface area contributed by atoms with Crippen LogP contribution in [0.25, 0.3) is 0 Å². The summed E-state index contributed by atoms with van der Waals surface area (Å²) in [7, 11) is 2.15. The molecule has 0 amide bonds. The van der Waals surface area contributed by atoms with Gasteiger partial charge in [0.2, 0.25) is 0 Å². The summed E-state index contributed by atoms with van der Waals surface area (Å²) in [4.78, 5) is 5.41. The molecule has 2 rings (SSSR count). The van der Waals surface area contributed by atoms with Crippen molar-refractivity contribution in [3.05, 3.63) is 0 Å². The monoisotopic (exact) mass is 281 g/mol. The third-order valence-corrected chi connectivity index (χ3v) is 5.61. The van der Waals surface area contributed by atoms with Crippen LogP contribution in [-0.2, 0) is 0 Å². The van der Waals surface area contributed by atoms with E-state index in [2.05, 4.69) is 49.9 Å². The lowest BCUT2D eigenvalue weighted by Crippen LogP contribution is -2.60. The van der Waals surface area contributed by atoms with Crippen LogP contribution in [-0.4, -0.2) is 60.6 Å². The van der Waals surface area contributed by atoms with Gasteiger partial charge in [0, 0.05) is 43.8 Å². The van der Waals surface area contributed by atoms with Gasteiger partial charge in [0.1, 0.15) is 0 Å². The molecule has 2 aliphatic rings. The predicted octanol–water partition coefficient (Wildman–Crippen LogP) is 2.57. The van der Waals surface area contributed by atoms with Crippen LogP contribution in [0.3, 0.4) is 0 Å². The molecule has 1 saturated heterocycles. The molecule has 1 N–H and O–H groups in total. The minimum Gasteiger partial charge on any atom is -0.315 e. The van der Waals surface area contributed by atoms with E-state index in [0.717, 1.165) is 12.0 Å². The Morgan fingerprint density at radius 2 is 1.70 bits per heavy atom. The molecule has 3 heteroatoms. The number of hydrogen-bond acceptors (Lipinski definition) is 3. The first-order valence-electron chi connectivity index (χ1n) is 8.62. The van der Waals surface area contributed by atoms with Crippen molar-refractivity contribution < 1.29 is 0 Å². The summed E-state index contributed by atoms with van der Waals surface area (Å²) in [6.45, 7) is 14.3. The summed E-state index contributed by atoms with van der Waals surface area (Å²) < 4.78 is 0. The van der Waals surface area contributed by atoms with Gasteiger partial charge in [0.05, 0.1) is 0 Å². The number of hydrogen-bond donors (Lipinski definition) is 1. The van der Waals surface area contributed by atoms with Crippen LogP contribution in [0.15, 0.2) is 0 Å². The first-order valence-corrected chi connectivity index (χ1v) is 8.62. The fourth-order valence-electron chi connectivity index (χ4n) is 4.07. The quantitative estimate of drug-likeness (QED) is 0.858. The molecule has 3 nitrogen and oxygen atoms in total. The molecule has 3 atom stereocenters. The predicted molar refractivity (Wildman–Crippen MR) is 87.2 cm³/mol. The van der Waals surface area contributed by atoms with Crippen molar-refractivity contribution in [3.63, 3.8) is 0 Å². The van der Waals surface area contributed by atoms with Crippen molar-refractivity contribution in [2.24, 2.45) is 5.92 Å². The first-order chi connectivity index (χ1) is 9.45. The maximum absolute atomic E-state index is 3.58. The zero-order chi connectivity index (χ0) is 14.8. The smallest absolute Gasteiger partial charge is 0.0252 e. The number of nitrogens with one attached hydrogen (secondary N) is 1. The lowest BCUT2D eigenvalue weighted by atomic mass is 9.80. The summed E-state index contributed by atoms with van der Waals surface area (Å²) in [6.07, 6.45) is 5.53. The lowest BCUT2D eigenvalue weighted by Gasteiger charge is -2.48. The van der Waals surface area contributed by atoms with Crippen LogP contribution in [0.1, 0.15) is 53.4 Å². The molecule has 1 saturated carbocycles. The highest BCUT2D eigenvalue weighted by Crippen LogP contribution is 2.31. The van der Waals surface area contributed by atoms with E-state index in [1.807, 2.05) is 0 Å². The molecule has 118 valence electrons. The highest BCUT2D eigenvalue weighted by Gasteiger charge is 2.35. The van der Waals surface area contributed by atoms with Gasteiger partial charge in [-0.2, -0.15) is 0 Å². The minimum atomic E-state index is 0.326. The second kappa shape index (κ2) is 6.76. The van der Waals surface area contributed by atoms with Gasteiger partial charge in [-0.3, -0.25) is 9.80 Å². The highest BCUT2D eigenvalue weighted by molar-refractivity contribution is 4.93. The first kappa shape index (κ1) is 16.3. The average Bonchev–Trinajstić information content (AvgIpc) is 2.45. The molecule has 0 bridgehead atoms. The van der Waals surface area contributed by atoms with Crippen LogP contribution in [0.2, 0.25) is 0 Å². The highest BCUT2D eigenvalue weighted by atomic mass is 15.3. The number of rotatable bonds is 3. The summed E-state index contributed by atoms with van der Waals surface area (Å²) in [5.74, 6) is 0.949. The van der Waals surface area contributed by atoms with Crippen LogP contribution in [0.5, 0.6) is 0 Å². The molecule has 0 aromatic rings. The van der Waals surface area contributed by atoms with Gasteiger partial charge in [-0.1, -0.05) is 13.3 Å². The third kappa shape index (κ3) is 3.75. The summed E-state index contributed by atoms with van der Waals surface area (Å²) in [5.41, 5.74) is 0.326. The van der Waals surface area contributed by atoms with Gasteiger partial charge in [-0.25, -0.2) is 0 Å². The zero-order valence-electron chi connectivity index (χ0n) is 14.3. The van der Waals surface area contributed by atoms with Gasteiger partial charge in [-0.15, -0.1) is 0 Å². The largest absolute Gasteiger partial charge is 0.315 e. The Labute approximate surface area is 126 Å². The van der Waals surface area contributed by atoms with Crippen LogP contribution in [0, 0.1) is 5.92 Å². The fraction of sp³-hybridized carbons (Fsp3) is 1.00. The Bertz CT molecular complexity index is 289. The normalized spacial score (nSPS) is 34.4. The van der Waals surface area contributed by atoms with E-state index < -0.39 is 0 Å². The SMILES string of the molecule is CCC1CCC(NC)C(N2CCN(C(C)(C)C)CC2)C1. The number of likely N-dealkylation sites (N-methyl/N-ethyl adjacent to an activating group) is 1. The fourth-order valence-corrected chi connectivity index (χ4v) is 4.07. The zero-order valence-corrected chi connectivity index (χ0v) is 14.3. The van der Waals surface area contributed by atoms with E-state index >= 15 is 0 Å². The molecule has 1 aliphatic heterocycles. The Morgan fingerprint density at radius 1 is 1.05 bits per heavy atom. The molecule has 0 aromatic heterocycles. The van der Waals surface area contributed by atoms with Crippen molar-refractivity contribution in [2.75, 3.05) is 33.2 Å². The third-order valence-electron chi connectivity index (χ3n) is 5.61. The van der Waals surface area contributed by atoms with Crippen molar-refractivity contribution in [1.82, 2.24) is 15.1 Å². The van der Waals surface area contributed by atoms with Crippen molar-refractivity contribution in [3.8, 4) is 0 Å². The van der Waals surface area contributed by atoms with E-state index in [1.54, 1.807) is 0 Å². The molecule has 0 radical (unpaired) electrons. The lowest BCUT2D eigenvalue weighted by molar-refractivity contribution is 0.0162. The van der Waals surface area contributed by atoms with Crippen molar-refractivity contribution >= 4 is 0 Å². The topological polar surface area (TPSA) is 18.5 Å². The Hall–Kier alpha value is -0.120. The Morgan fingerprint density at radius 3 is 2.20 bits per heavy atom. The van der Waals surface area contributed by atoms with E-state index in [1.165, 1.54) is 51.9 Å². The summed E-state index contributed by atoms with van der Waals surface area (Å²) in [6, 6.07) is 1.47. The maximum Gasteiger partial charge on any atom is 0.0252 e. The molecular weight excluding hydrogens is 246 g/mol. The molecular formula is C17H35N3. The molecule has 1 aliphatic carbocycles. The van der Waals surface area contributed by atoms with Gasteiger partial charge >= 0.3 is 0 Å². The van der Waals surface area contributed by atoms with Crippen LogP contribution in [0.4, 0.5) is 0 Å². The maximum atomic E-state index is 3.58. The minimum absolute atomic E-state index is 0.326. The molecule has 3 unspecified atom stereocenters. The Balaban J connectivity index is 1.93. The van der Waals surface area contributed by atoms with Crippen molar-refractivity contribution in [2.45, 2.75) is 71.0 Å². The van der Waals surface area contributed by atoms with E-state index in [9.17, 15) is 0 Å². The standard InChI is InChI=1S/C17H35N3/c1-6-14-7-8-15(18-5)16(13-14)19-9-11-20(12-10-19)17(2,3)4/h14-16,18H,6-13H2,1-5H3. The molecule has 0 spiro atoms. The van der Waals surface area contributed by atoms with Gasteiger partial charge in [0.25, 0.3) is 0 Å². The second-order valence-corrected chi connectivity index (χ2v) is 7.74. The van der Waals surface area contributed by atoms with Gasteiger partial charge < -0.3 is 5.32 Å². The van der Waals surface area contributed by atoms with Gasteiger partial charge in [-0.05, 0) is 53.0 Å². The van der Waals surface area contributed by atoms with E-state index in [4.69, 9.17) is 0 Å². The summed E-state index contributed by atoms with van der Waals surface area (Å²) in [5, 5.41) is 3.58. The van der Waals surface area contributed by atoms with Crippen LogP contribution < -0.4 is 5.32 Å². The van der Waals surface area contributed by atoms with Crippen LogP contribution >= 0.6 is 0 Å². The molecule has 20 heavy (non-hydrogen) atoms. The second-order valence-electron chi connectivity index (χ2n) is 7.74. The average molecular weight is 281 g/mol. The summed E-state index contributed by atoms with van der Waals surface area (Å²) >= 11 is 0. The van der Waals surface area contributed by atoms with Crippen molar-refractivity contribution in [1.29, 1.82) is 0 Å². The Kier molecular flexibility index (Phi) is 5.49.